The lowest BCUT2D eigenvalue weighted by Gasteiger charge is -2.24. The third kappa shape index (κ3) is 4.15. The average Bonchev–Trinajstić information content (AvgIpc) is 2.49. The molecule has 1 fully saturated rings. The normalized spacial score (nSPS) is 15.8. The van der Waals surface area contributed by atoms with Gasteiger partial charge in [0.2, 0.25) is 5.91 Å². The maximum atomic E-state index is 12.1. The molecule has 0 spiro atoms. The molecule has 0 bridgehead atoms. The summed E-state index contributed by atoms with van der Waals surface area (Å²) in [5, 5.41) is 0. The predicted molar refractivity (Wildman–Crippen MR) is 77.4 cm³/mol. The van der Waals surface area contributed by atoms with Crippen LogP contribution in [0.2, 0.25) is 0 Å². The highest BCUT2D eigenvalue weighted by molar-refractivity contribution is 5.99. The third-order valence-electron chi connectivity index (χ3n) is 3.98. The number of Topliss-reactive ketones (excluding diaryl/α,β-unsaturated/α-hetero) is 1. The highest BCUT2D eigenvalue weighted by Crippen LogP contribution is 2.26. The Kier molecular flexibility index (Phi) is 5.27. The quantitative estimate of drug-likeness (QED) is 0.776. The fourth-order valence-electron chi connectivity index (χ4n) is 2.72. The molecule has 0 unspecified atom stereocenters. The number of hydrogen-bond donors (Lipinski definition) is 0. The molecule has 108 valence electrons. The lowest BCUT2D eigenvalue weighted by Crippen LogP contribution is -2.33. The van der Waals surface area contributed by atoms with E-state index in [4.69, 9.17) is 0 Å². The Balaban J connectivity index is 1.83. The molecule has 0 radical (unpaired) electrons. The first-order chi connectivity index (χ1) is 9.66. The second-order valence-corrected chi connectivity index (χ2v) is 5.62. The first-order valence-corrected chi connectivity index (χ1v) is 7.34. The van der Waals surface area contributed by atoms with E-state index in [0.29, 0.717) is 17.9 Å². The zero-order chi connectivity index (χ0) is 14.4. The number of pyridine rings is 1. The van der Waals surface area contributed by atoms with E-state index in [9.17, 15) is 9.59 Å². The van der Waals surface area contributed by atoms with Crippen molar-refractivity contribution in [3.63, 3.8) is 0 Å². The predicted octanol–water partition coefficient (Wildman–Crippen LogP) is 2.69. The smallest absolute Gasteiger partial charge is 0.222 e. The van der Waals surface area contributed by atoms with Crippen LogP contribution >= 0.6 is 0 Å². The van der Waals surface area contributed by atoms with Gasteiger partial charge in [-0.2, -0.15) is 0 Å². The van der Waals surface area contributed by atoms with Gasteiger partial charge in [-0.3, -0.25) is 14.6 Å². The van der Waals surface area contributed by atoms with Gasteiger partial charge in [0.1, 0.15) is 0 Å². The summed E-state index contributed by atoms with van der Waals surface area (Å²) in [7, 11) is 1.71. The molecule has 1 heterocycles. The molecule has 1 aliphatic carbocycles. The van der Waals surface area contributed by atoms with Crippen LogP contribution < -0.4 is 0 Å². The summed E-state index contributed by atoms with van der Waals surface area (Å²) < 4.78 is 0. The van der Waals surface area contributed by atoms with Gasteiger partial charge >= 0.3 is 0 Å². The molecule has 0 aromatic carbocycles. The number of amides is 1. The van der Waals surface area contributed by atoms with Crippen molar-refractivity contribution in [3.05, 3.63) is 30.1 Å². The topological polar surface area (TPSA) is 50.3 Å². The van der Waals surface area contributed by atoms with Gasteiger partial charge in [-0.1, -0.05) is 19.3 Å². The summed E-state index contributed by atoms with van der Waals surface area (Å²) in [5.41, 5.74) is 0.560. The second kappa shape index (κ2) is 7.17. The van der Waals surface area contributed by atoms with Crippen molar-refractivity contribution in [2.24, 2.45) is 5.92 Å². The lowest BCUT2D eigenvalue weighted by molar-refractivity contribution is -0.130. The molecule has 1 amide bonds. The van der Waals surface area contributed by atoms with Crippen LogP contribution in [-0.2, 0) is 4.79 Å². The Bertz CT molecular complexity index is 453. The molecule has 0 aliphatic heterocycles. The molecule has 2 rings (SSSR count). The zero-order valence-corrected chi connectivity index (χ0v) is 12.0. The minimum absolute atomic E-state index is 0.0578. The fraction of sp³-hybridized carbons (Fsp3) is 0.562. The molecule has 0 atom stereocenters. The number of carbonyl (C=O) groups excluding carboxylic acids is 2. The van der Waals surface area contributed by atoms with Crippen LogP contribution in [0.15, 0.2) is 24.5 Å². The monoisotopic (exact) mass is 274 g/mol. The number of ketones is 1. The van der Waals surface area contributed by atoms with E-state index in [1.165, 1.54) is 19.3 Å². The lowest BCUT2D eigenvalue weighted by atomic mass is 9.86. The number of rotatable bonds is 5. The minimum atomic E-state index is -0.0578. The Morgan fingerprint density at radius 3 is 2.70 bits per heavy atom. The number of likely N-dealkylation sites (N-methyl/N-ethyl adjacent to an activating group) is 1. The zero-order valence-electron chi connectivity index (χ0n) is 12.0. The number of aromatic nitrogens is 1. The summed E-state index contributed by atoms with van der Waals surface area (Å²) in [6.45, 7) is 0.136. The van der Waals surface area contributed by atoms with E-state index in [1.807, 2.05) is 0 Å². The molecule has 20 heavy (non-hydrogen) atoms. The van der Waals surface area contributed by atoms with Crippen molar-refractivity contribution in [3.8, 4) is 0 Å². The first kappa shape index (κ1) is 14.7. The van der Waals surface area contributed by atoms with Gasteiger partial charge in [0.25, 0.3) is 0 Å². The van der Waals surface area contributed by atoms with Gasteiger partial charge in [-0.15, -0.1) is 0 Å². The van der Waals surface area contributed by atoms with Crippen LogP contribution in [0, 0.1) is 5.92 Å². The molecule has 4 nitrogen and oxygen atoms in total. The third-order valence-corrected chi connectivity index (χ3v) is 3.98. The standard InChI is InChI=1S/C16H22N2O2/c1-18(12-15(19)14-8-5-9-17-11-14)16(20)10-13-6-3-2-4-7-13/h5,8-9,11,13H,2-4,6-7,10,12H2,1H3. The van der Waals surface area contributed by atoms with Gasteiger partial charge in [0.15, 0.2) is 5.78 Å². The van der Waals surface area contributed by atoms with E-state index in [2.05, 4.69) is 4.98 Å². The molecule has 0 N–H and O–H groups in total. The molecule has 1 saturated carbocycles. The first-order valence-electron chi connectivity index (χ1n) is 7.34. The van der Waals surface area contributed by atoms with Crippen molar-refractivity contribution in [2.45, 2.75) is 38.5 Å². The van der Waals surface area contributed by atoms with Gasteiger partial charge in [-0.05, 0) is 30.9 Å². The van der Waals surface area contributed by atoms with Gasteiger partial charge in [0.05, 0.1) is 6.54 Å². The van der Waals surface area contributed by atoms with Crippen molar-refractivity contribution in [1.82, 2.24) is 9.88 Å². The molecule has 1 aromatic rings. The number of carbonyl (C=O) groups is 2. The van der Waals surface area contributed by atoms with Crippen LogP contribution in [0.1, 0.15) is 48.9 Å². The number of hydrogen-bond acceptors (Lipinski definition) is 3. The molecular formula is C16H22N2O2. The molecule has 1 aromatic heterocycles. The summed E-state index contributed by atoms with van der Waals surface area (Å²) in [4.78, 5) is 29.6. The Morgan fingerprint density at radius 2 is 2.05 bits per heavy atom. The largest absolute Gasteiger partial charge is 0.338 e. The fourth-order valence-corrected chi connectivity index (χ4v) is 2.72. The van der Waals surface area contributed by atoms with Gasteiger partial charge in [-0.25, -0.2) is 0 Å². The highest BCUT2D eigenvalue weighted by atomic mass is 16.2. The summed E-state index contributed by atoms with van der Waals surface area (Å²) in [6, 6.07) is 3.46. The molecule has 1 aliphatic rings. The summed E-state index contributed by atoms with van der Waals surface area (Å²) in [6.07, 6.45) is 9.81. The SMILES string of the molecule is CN(CC(=O)c1cccnc1)C(=O)CC1CCCCC1. The van der Waals surface area contributed by atoms with Crippen LogP contribution in [-0.4, -0.2) is 35.2 Å². The summed E-state index contributed by atoms with van der Waals surface area (Å²) >= 11 is 0. The maximum Gasteiger partial charge on any atom is 0.222 e. The summed E-state index contributed by atoms with van der Waals surface area (Å²) in [5.74, 6) is 0.527. The van der Waals surface area contributed by atoms with Gasteiger partial charge in [0, 0.05) is 31.4 Å². The van der Waals surface area contributed by atoms with Crippen molar-refractivity contribution >= 4 is 11.7 Å². The van der Waals surface area contributed by atoms with Gasteiger partial charge < -0.3 is 4.90 Å². The van der Waals surface area contributed by atoms with E-state index < -0.39 is 0 Å². The van der Waals surface area contributed by atoms with E-state index >= 15 is 0 Å². The van der Waals surface area contributed by atoms with Crippen LogP contribution in [0.4, 0.5) is 0 Å². The van der Waals surface area contributed by atoms with Crippen molar-refractivity contribution < 1.29 is 9.59 Å². The Morgan fingerprint density at radius 1 is 1.30 bits per heavy atom. The maximum absolute atomic E-state index is 12.1. The molecule has 4 heteroatoms. The van der Waals surface area contributed by atoms with E-state index in [0.717, 1.165) is 12.8 Å². The minimum Gasteiger partial charge on any atom is -0.338 e. The number of nitrogens with zero attached hydrogens (tertiary/aromatic N) is 2. The van der Waals surface area contributed by atoms with Crippen LogP contribution in [0.5, 0.6) is 0 Å². The van der Waals surface area contributed by atoms with Crippen molar-refractivity contribution in [1.29, 1.82) is 0 Å². The highest BCUT2D eigenvalue weighted by Gasteiger charge is 2.20. The second-order valence-electron chi connectivity index (χ2n) is 5.62. The van der Waals surface area contributed by atoms with Crippen LogP contribution in [0.25, 0.3) is 0 Å². The molecular weight excluding hydrogens is 252 g/mol. The van der Waals surface area contributed by atoms with Crippen molar-refractivity contribution in [2.75, 3.05) is 13.6 Å². The average molecular weight is 274 g/mol. The molecule has 0 saturated heterocycles. The van der Waals surface area contributed by atoms with Crippen LogP contribution in [0.3, 0.4) is 0 Å². The Labute approximate surface area is 120 Å². The Hall–Kier alpha value is -1.71. The van der Waals surface area contributed by atoms with E-state index in [1.54, 1.807) is 36.5 Å². The van der Waals surface area contributed by atoms with E-state index in [-0.39, 0.29) is 18.2 Å².